The molecule has 4 rings (SSSR count). The van der Waals surface area contributed by atoms with E-state index in [9.17, 15) is 26.4 Å². The standard InChI is InChI=1S/C25H22ClF3N2O5S/c1-16(17-7-10-22-23(13-17)36-12-11-35-22)30-24(32)15-31(37(33,34)19-5-3-2-4-6-19)21-14-18(25(27,28)29)8-9-20(21)26/h2-10,13-14,16H,11-12,15H2,1H3,(H,30,32)/t16-/m0/s1. The molecule has 0 radical (unpaired) electrons. The maximum atomic E-state index is 13.5. The van der Waals surface area contributed by atoms with Gasteiger partial charge in [-0.25, -0.2) is 8.42 Å². The molecule has 0 fully saturated rings. The van der Waals surface area contributed by atoms with E-state index in [0.717, 1.165) is 12.1 Å². The molecule has 0 saturated heterocycles. The maximum absolute atomic E-state index is 13.5. The summed E-state index contributed by atoms with van der Waals surface area (Å²) >= 11 is 6.16. The number of rotatable bonds is 7. The van der Waals surface area contributed by atoms with Crippen LogP contribution in [-0.4, -0.2) is 34.1 Å². The van der Waals surface area contributed by atoms with Crippen molar-refractivity contribution < 1.29 is 35.9 Å². The SMILES string of the molecule is C[C@H](NC(=O)CN(c1cc(C(F)(F)F)ccc1Cl)S(=O)(=O)c1ccccc1)c1ccc2c(c1)OCCO2. The predicted molar refractivity (Wildman–Crippen MR) is 131 cm³/mol. The second kappa shape index (κ2) is 10.5. The molecule has 3 aromatic rings. The molecule has 1 aliphatic rings. The molecule has 0 aromatic heterocycles. The van der Waals surface area contributed by atoms with E-state index < -0.39 is 45.9 Å². The monoisotopic (exact) mass is 554 g/mol. The summed E-state index contributed by atoms with van der Waals surface area (Å²) in [7, 11) is -4.46. The van der Waals surface area contributed by atoms with Gasteiger partial charge in [0.2, 0.25) is 5.91 Å². The molecule has 1 atom stereocenters. The van der Waals surface area contributed by atoms with Crippen LogP contribution in [0.15, 0.2) is 71.6 Å². The van der Waals surface area contributed by atoms with E-state index in [-0.39, 0.29) is 9.92 Å². The van der Waals surface area contributed by atoms with Crippen molar-refractivity contribution in [3.63, 3.8) is 0 Å². The Morgan fingerprint density at radius 1 is 1.03 bits per heavy atom. The second-order valence-electron chi connectivity index (χ2n) is 8.18. The molecule has 0 unspecified atom stereocenters. The molecule has 1 heterocycles. The number of alkyl halides is 3. The first-order valence-corrected chi connectivity index (χ1v) is 12.9. The normalized spacial score (nSPS) is 14.1. The van der Waals surface area contributed by atoms with Crippen molar-refractivity contribution in [2.75, 3.05) is 24.1 Å². The summed E-state index contributed by atoms with van der Waals surface area (Å²) in [4.78, 5) is 12.8. The van der Waals surface area contributed by atoms with Crippen LogP contribution in [0.3, 0.4) is 0 Å². The molecule has 0 aliphatic carbocycles. The van der Waals surface area contributed by atoms with Crippen LogP contribution in [0.5, 0.6) is 11.5 Å². The minimum Gasteiger partial charge on any atom is -0.486 e. The minimum absolute atomic E-state index is 0.212. The molecular weight excluding hydrogens is 533 g/mol. The van der Waals surface area contributed by atoms with Gasteiger partial charge in [-0.1, -0.05) is 35.9 Å². The van der Waals surface area contributed by atoms with Crippen LogP contribution in [0.1, 0.15) is 24.1 Å². The Bertz CT molecular complexity index is 1400. The molecule has 1 N–H and O–H groups in total. The Morgan fingerprint density at radius 2 is 1.70 bits per heavy atom. The van der Waals surface area contributed by atoms with Crippen molar-refractivity contribution in [1.29, 1.82) is 0 Å². The highest BCUT2D eigenvalue weighted by atomic mass is 35.5. The zero-order chi connectivity index (χ0) is 26.8. The fraction of sp³-hybridized carbons (Fsp3) is 0.240. The van der Waals surface area contributed by atoms with Gasteiger partial charge >= 0.3 is 6.18 Å². The van der Waals surface area contributed by atoms with E-state index in [1.807, 2.05) is 0 Å². The molecular formula is C25H22ClF3N2O5S. The number of ether oxygens (including phenoxy) is 2. The summed E-state index contributed by atoms with van der Waals surface area (Å²) in [5.74, 6) is 0.317. The molecule has 196 valence electrons. The Balaban J connectivity index is 1.65. The number of nitrogens with one attached hydrogen (secondary N) is 1. The fourth-order valence-corrected chi connectivity index (χ4v) is 5.45. The Morgan fingerprint density at radius 3 is 2.38 bits per heavy atom. The van der Waals surface area contributed by atoms with E-state index >= 15 is 0 Å². The lowest BCUT2D eigenvalue weighted by Gasteiger charge is -2.27. The van der Waals surface area contributed by atoms with E-state index in [2.05, 4.69) is 5.32 Å². The van der Waals surface area contributed by atoms with Gasteiger partial charge in [-0.3, -0.25) is 9.10 Å². The fourth-order valence-electron chi connectivity index (χ4n) is 3.73. The van der Waals surface area contributed by atoms with Crippen molar-refractivity contribution in [3.05, 3.63) is 82.9 Å². The Labute approximate surface area is 216 Å². The highest BCUT2D eigenvalue weighted by Crippen LogP contribution is 2.37. The van der Waals surface area contributed by atoms with Gasteiger partial charge in [-0.2, -0.15) is 13.2 Å². The van der Waals surface area contributed by atoms with Gasteiger partial charge < -0.3 is 14.8 Å². The molecule has 37 heavy (non-hydrogen) atoms. The molecule has 12 heteroatoms. The van der Waals surface area contributed by atoms with Crippen LogP contribution in [-0.2, 0) is 21.0 Å². The number of sulfonamides is 1. The van der Waals surface area contributed by atoms with Crippen LogP contribution in [0.25, 0.3) is 0 Å². The zero-order valence-electron chi connectivity index (χ0n) is 19.5. The van der Waals surface area contributed by atoms with Gasteiger partial charge in [-0.05, 0) is 55.0 Å². The first kappa shape index (κ1) is 26.6. The average molecular weight is 555 g/mol. The van der Waals surface area contributed by atoms with E-state index in [4.69, 9.17) is 21.1 Å². The number of benzene rings is 3. The number of halogens is 4. The van der Waals surface area contributed by atoms with Crippen molar-refractivity contribution in [2.45, 2.75) is 24.0 Å². The number of carbonyl (C=O) groups is 1. The molecule has 3 aromatic carbocycles. The number of hydrogen-bond acceptors (Lipinski definition) is 5. The van der Waals surface area contributed by atoms with Crippen molar-refractivity contribution in [3.8, 4) is 11.5 Å². The average Bonchev–Trinajstić information content (AvgIpc) is 2.87. The molecule has 1 amide bonds. The summed E-state index contributed by atoms with van der Waals surface area (Å²) < 4.78 is 78.8. The van der Waals surface area contributed by atoms with Gasteiger partial charge in [-0.15, -0.1) is 0 Å². The Kier molecular flexibility index (Phi) is 7.56. The van der Waals surface area contributed by atoms with Gasteiger partial charge in [0.1, 0.15) is 19.8 Å². The van der Waals surface area contributed by atoms with Crippen molar-refractivity contribution in [1.82, 2.24) is 5.32 Å². The predicted octanol–water partition coefficient (Wildman–Crippen LogP) is 5.20. The van der Waals surface area contributed by atoms with E-state index in [1.165, 1.54) is 24.3 Å². The van der Waals surface area contributed by atoms with Crippen LogP contribution in [0.2, 0.25) is 5.02 Å². The van der Waals surface area contributed by atoms with Crippen molar-refractivity contribution in [2.24, 2.45) is 0 Å². The number of fused-ring (bicyclic) bond motifs is 1. The van der Waals surface area contributed by atoms with Gasteiger partial charge in [0.15, 0.2) is 11.5 Å². The van der Waals surface area contributed by atoms with Crippen LogP contribution in [0.4, 0.5) is 18.9 Å². The lowest BCUT2D eigenvalue weighted by atomic mass is 10.1. The lowest BCUT2D eigenvalue weighted by molar-refractivity contribution is -0.137. The quantitative estimate of drug-likeness (QED) is 0.434. The van der Waals surface area contributed by atoms with Crippen LogP contribution in [0, 0.1) is 0 Å². The molecule has 0 spiro atoms. The second-order valence-corrected chi connectivity index (χ2v) is 10.5. The van der Waals surface area contributed by atoms with E-state index in [1.54, 1.807) is 31.2 Å². The Hall–Kier alpha value is -3.44. The molecule has 7 nitrogen and oxygen atoms in total. The summed E-state index contributed by atoms with van der Waals surface area (Å²) in [6.45, 7) is 1.66. The summed E-state index contributed by atoms with van der Waals surface area (Å²) in [5, 5.41) is 2.42. The number of amides is 1. The summed E-state index contributed by atoms with van der Waals surface area (Å²) in [6, 6.07) is 13.9. The van der Waals surface area contributed by atoms with Gasteiger partial charge in [0.25, 0.3) is 10.0 Å². The summed E-state index contributed by atoms with van der Waals surface area (Å²) in [5.41, 5.74) is -0.917. The largest absolute Gasteiger partial charge is 0.486 e. The maximum Gasteiger partial charge on any atom is 0.416 e. The first-order valence-electron chi connectivity index (χ1n) is 11.1. The highest BCUT2D eigenvalue weighted by molar-refractivity contribution is 7.92. The number of nitrogens with zero attached hydrogens (tertiary/aromatic N) is 1. The first-order chi connectivity index (χ1) is 17.5. The van der Waals surface area contributed by atoms with Crippen molar-refractivity contribution >= 4 is 33.2 Å². The van der Waals surface area contributed by atoms with E-state index in [0.29, 0.717) is 40.6 Å². The molecule has 0 bridgehead atoms. The van der Waals surface area contributed by atoms with Crippen LogP contribution < -0.4 is 19.1 Å². The third-order valence-electron chi connectivity index (χ3n) is 5.60. The number of hydrogen-bond donors (Lipinski definition) is 1. The third kappa shape index (κ3) is 5.94. The molecule has 1 aliphatic heterocycles. The molecule has 0 saturated carbocycles. The topological polar surface area (TPSA) is 84.9 Å². The summed E-state index contributed by atoms with van der Waals surface area (Å²) in [6.07, 6.45) is -4.75. The zero-order valence-corrected chi connectivity index (χ0v) is 21.0. The van der Waals surface area contributed by atoms with Gasteiger partial charge in [0.05, 0.1) is 27.2 Å². The highest BCUT2D eigenvalue weighted by Gasteiger charge is 2.34. The number of carbonyl (C=O) groups excluding carboxylic acids is 1. The van der Waals surface area contributed by atoms with Crippen LogP contribution >= 0.6 is 11.6 Å². The smallest absolute Gasteiger partial charge is 0.416 e. The van der Waals surface area contributed by atoms with Gasteiger partial charge in [0, 0.05) is 0 Å². The lowest BCUT2D eigenvalue weighted by Crippen LogP contribution is -2.41. The minimum atomic E-state index is -4.75. The third-order valence-corrected chi connectivity index (χ3v) is 7.70. The number of anilines is 1.